The quantitative estimate of drug-likeness (QED) is 0.374. The first-order chi connectivity index (χ1) is 11.7. The van der Waals surface area contributed by atoms with Gasteiger partial charge in [0.25, 0.3) is 0 Å². The smallest absolute Gasteiger partial charge is 0.180 e. The molecule has 3 aromatic rings. The van der Waals surface area contributed by atoms with Gasteiger partial charge in [0.1, 0.15) is 0 Å². The van der Waals surface area contributed by atoms with Gasteiger partial charge in [0.15, 0.2) is 5.17 Å². The lowest BCUT2D eigenvalue weighted by Crippen LogP contribution is -2.05. The van der Waals surface area contributed by atoms with E-state index in [0.29, 0.717) is 5.17 Å². The molecule has 0 unspecified atom stereocenters. The summed E-state index contributed by atoms with van der Waals surface area (Å²) >= 11 is 5.07. The summed E-state index contributed by atoms with van der Waals surface area (Å²) < 4.78 is 1.04. The molecule has 3 nitrogen and oxygen atoms in total. The van der Waals surface area contributed by atoms with Gasteiger partial charge in [-0.15, -0.1) is 5.10 Å². The van der Waals surface area contributed by atoms with Crippen LogP contribution in [0.4, 0.5) is 0 Å². The number of rotatable bonds is 4. The summed E-state index contributed by atoms with van der Waals surface area (Å²) in [5.41, 5.74) is 8.08. The van der Waals surface area contributed by atoms with Gasteiger partial charge in [0.2, 0.25) is 0 Å². The molecule has 2 N–H and O–H groups in total. The van der Waals surface area contributed by atoms with Gasteiger partial charge in [-0.1, -0.05) is 82.3 Å². The normalized spacial score (nSPS) is 12.1. The molecular formula is C19H16BrN3S. The van der Waals surface area contributed by atoms with E-state index in [0.717, 1.165) is 21.2 Å². The second-order valence-corrected chi connectivity index (χ2v) is 7.03. The van der Waals surface area contributed by atoms with E-state index in [1.807, 2.05) is 36.4 Å². The predicted octanol–water partition coefficient (Wildman–Crippen LogP) is 5.18. The molecule has 0 amide bonds. The van der Waals surface area contributed by atoms with Gasteiger partial charge in [-0.3, -0.25) is 0 Å². The number of amidine groups is 1. The molecule has 0 atom stereocenters. The van der Waals surface area contributed by atoms with Crippen LogP contribution < -0.4 is 5.73 Å². The van der Waals surface area contributed by atoms with Crippen molar-refractivity contribution in [3.05, 3.63) is 82.3 Å². The minimum atomic E-state index is 0.454. The zero-order valence-corrected chi connectivity index (χ0v) is 15.3. The lowest BCUT2D eigenvalue weighted by Gasteiger charge is -2.02. The maximum absolute atomic E-state index is 5.90. The largest absolute Gasteiger partial charge is 0.377 e. The monoisotopic (exact) mass is 397 g/mol. The van der Waals surface area contributed by atoms with Crippen molar-refractivity contribution in [1.82, 2.24) is 0 Å². The third kappa shape index (κ3) is 4.46. The SMILES string of the molecule is NC(=NN=Cc1cc(Br)c2ccccc2c1)SCc1ccccc1. The van der Waals surface area contributed by atoms with Crippen molar-refractivity contribution < 1.29 is 0 Å². The third-order valence-electron chi connectivity index (χ3n) is 3.43. The number of nitrogens with zero attached hydrogens (tertiary/aromatic N) is 2. The highest BCUT2D eigenvalue weighted by Gasteiger charge is 2.00. The van der Waals surface area contributed by atoms with Crippen LogP contribution in [-0.4, -0.2) is 11.4 Å². The maximum atomic E-state index is 5.90. The molecule has 0 saturated carbocycles. The van der Waals surface area contributed by atoms with E-state index < -0.39 is 0 Å². The Labute approximate surface area is 153 Å². The molecule has 0 heterocycles. The minimum Gasteiger partial charge on any atom is -0.377 e. The van der Waals surface area contributed by atoms with Gasteiger partial charge in [0.05, 0.1) is 6.21 Å². The van der Waals surface area contributed by atoms with Gasteiger partial charge in [0, 0.05) is 10.2 Å². The fraction of sp³-hybridized carbons (Fsp3) is 0.0526. The predicted molar refractivity (Wildman–Crippen MR) is 109 cm³/mol. The Morgan fingerprint density at radius 3 is 2.62 bits per heavy atom. The summed E-state index contributed by atoms with van der Waals surface area (Å²) in [6.07, 6.45) is 1.72. The van der Waals surface area contributed by atoms with Gasteiger partial charge in [-0.05, 0) is 34.0 Å². The highest BCUT2D eigenvalue weighted by molar-refractivity contribution is 9.10. The van der Waals surface area contributed by atoms with Crippen LogP contribution in [0, 0.1) is 0 Å². The molecule has 0 aliphatic rings. The Morgan fingerprint density at radius 1 is 1.04 bits per heavy atom. The number of hydrogen-bond donors (Lipinski definition) is 1. The van der Waals surface area contributed by atoms with Crippen LogP contribution in [0.15, 0.2) is 81.4 Å². The maximum Gasteiger partial charge on any atom is 0.180 e. The molecular weight excluding hydrogens is 382 g/mol. The molecule has 0 radical (unpaired) electrons. The van der Waals surface area contributed by atoms with Crippen LogP contribution in [0.2, 0.25) is 0 Å². The van der Waals surface area contributed by atoms with Crippen LogP contribution in [0.5, 0.6) is 0 Å². The van der Waals surface area contributed by atoms with E-state index in [4.69, 9.17) is 5.73 Å². The molecule has 0 aliphatic heterocycles. The van der Waals surface area contributed by atoms with Crippen molar-refractivity contribution in [3.63, 3.8) is 0 Å². The number of thioether (sulfide) groups is 1. The topological polar surface area (TPSA) is 50.7 Å². The average Bonchev–Trinajstić information content (AvgIpc) is 2.61. The highest BCUT2D eigenvalue weighted by Crippen LogP contribution is 2.25. The number of hydrogen-bond acceptors (Lipinski definition) is 3. The molecule has 0 saturated heterocycles. The number of nitrogens with two attached hydrogens (primary N) is 1. The Hall–Kier alpha value is -2.11. The Bertz CT molecular complexity index is 892. The van der Waals surface area contributed by atoms with Gasteiger partial charge in [-0.25, -0.2) is 0 Å². The van der Waals surface area contributed by atoms with E-state index in [-0.39, 0.29) is 0 Å². The molecule has 0 aliphatic carbocycles. The fourth-order valence-corrected chi connectivity index (χ4v) is 3.51. The van der Waals surface area contributed by atoms with Crippen molar-refractivity contribution in [2.24, 2.45) is 15.9 Å². The van der Waals surface area contributed by atoms with Crippen LogP contribution in [0.1, 0.15) is 11.1 Å². The number of halogens is 1. The van der Waals surface area contributed by atoms with Crippen molar-refractivity contribution >= 4 is 49.8 Å². The Kier molecular flexibility index (Phi) is 5.67. The fourth-order valence-electron chi connectivity index (χ4n) is 2.27. The molecule has 0 aromatic heterocycles. The van der Waals surface area contributed by atoms with E-state index in [2.05, 4.69) is 56.5 Å². The lowest BCUT2D eigenvalue weighted by molar-refractivity contribution is 1.25. The highest BCUT2D eigenvalue weighted by atomic mass is 79.9. The molecule has 3 rings (SSSR count). The van der Waals surface area contributed by atoms with Crippen molar-refractivity contribution in [2.75, 3.05) is 0 Å². The van der Waals surface area contributed by atoms with E-state index >= 15 is 0 Å². The average molecular weight is 398 g/mol. The van der Waals surface area contributed by atoms with Gasteiger partial charge >= 0.3 is 0 Å². The first-order valence-electron chi connectivity index (χ1n) is 7.44. The van der Waals surface area contributed by atoms with E-state index in [1.165, 1.54) is 22.7 Å². The van der Waals surface area contributed by atoms with Crippen LogP contribution in [0.25, 0.3) is 10.8 Å². The Morgan fingerprint density at radius 2 is 1.79 bits per heavy atom. The second-order valence-electron chi connectivity index (χ2n) is 5.18. The number of benzene rings is 3. The molecule has 3 aromatic carbocycles. The molecule has 0 spiro atoms. The Balaban J connectivity index is 1.67. The molecule has 120 valence electrons. The summed E-state index contributed by atoms with van der Waals surface area (Å²) in [4.78, 5) is 0. The molecule has 0 fully saturated rings. The zero-order chi connectivity index (χ0) is 16.8. The minimum absolute atomic E-state index is 0.454. The van der Waals surface area contributed by atoms with Crippen molar-refractivity contribution in [3.8, 4) is 0 Å². The summed E-state index contributed by atoms with van der Waals surface area (Å²) in [6.45, 7) is 0. The summed E-state index contributed by atoms with van der Waals surface area (Å²) in [6, 6.07) is 22.5. The molecule has 24 heavy (non-hydrogen) atoms. The summed E-state index contributed by atoms with van der Waals surface area (Å²) in [5.74, 6) is 0.785. The lowest BCUT2D eigenvalue weighted by atomic mass is 10.1. The molecule has 5 heteroatoms. The summed E-state index contributed by atoms with van der Waals surface area (Å²) in [5, 5.41) is 10.9. The summed E-state index contributed by atoms with van der Waals surface area (Å²) in [7, 11) is 0. The van der Waals surface area contributed by atoms with E-state index in [9.17, 15) is 0 Å². The van der Waals surface area contributed by atoms with Crippen LogP contribution in [0.3, 0.4) is 0 Å². The van der Waals surface area contributed by atoms with Gasteiger partial charge in [-0.2, -0.15) is 5.10 Å². The second kappa shape index (κ2) is 8.13. The first kappa shape index (κ1) is 16.7. The molecule has 0 bridgehead atoms. The van der Waals surface area contributed by atoms with Crippen molar-refractivity contribution in [2.45, 2.75) is 5.75 Å². The van der Waals surface area contributed by atoms with Crippen LogP contribution in [-0.2, 0) is 5.75 Å². The van der Waals surface area contributed by atoms with Gasteiger partial charge < -0.3 is 5.73 Å². The first-order valence-corrected chi connectivity index (χ1v) is 9.22. The van der Waals surface area contributed by atoms with E-state index in [1.54, 1.807) is 6.21 Å². The van der Waals surface area contributed by atoms with Crippen LogP contribution >= 0.6 is 27.7 Å². The number of fused-ring (bicyclic) bond motifs is 1. The van der Waals surface area contributed by atoms with Crippen molar-refractivity contribution in [1.29, 1.82) is 0 Å². The third-order valence-corrected chi connectivity index (χ3v) is 4.94. The zero-order valence-electron chi connectivity index (χ0n) is 12.9. The standard InChI is InChI=1S/C19H16BrN3S/c20-18-11-15(10-16-8-4-5-9-17(16)18)12-22-23-19(21)24-13-14-6-2-1-3-7-14/h1-12H,13H2,(H2,21,23).